The Morgan fingerprint density at radius 3 is 2.12 bits per heavy atom. The highest BCUT2D eigenvalue weighted by Gasteiger charge is 2.29. The lowest BCUT2D eigenvalue weighted by Gasteiger charge is -2.35. The highest BCUT2D eigenvalue weighted by atomic mass is 16.7. The molecule has 0 radical (unpaired) electrons. The van der Waals surface area contributed by atoms with Gasteiger partial charge in [-0.3, -0.25) is 0 Å². The molecule has 4 nitrogen and oxygen atoms in total. The molecule has 194 valence electrons. The van der Waals surface area contributed by atoms with E-state index in [1.54, 1.807) is 0 Å². The van der Waals surface area contributed by atoms with E-state index in [0.717, 1.165) is 25.0 Å². The summed E-state index contributed by atoms with van der Waals surface area (Å²) in [5.41, 5.74) is 1.54. The summed E-state index contributed by atoms with van der Waals surface area (Å²) in [7, 11) is 0. The van der Waals surface area contributed by atoms with Gasteiger partial charge in [-0.25, -0.2) is 4.79 Å². The maximum Gasteiger partial charge on any atom is 0.338 e. The van der Waals surface area contributed by atoms with Crippen LogP contribution >= 0.6 is 0 Å². The quantitative estimate of drug-likeness (QED) is 0.167. The largest absolute Gasteiger partial charge is 0.459 e. The molecule has 1 aliphatic rings. The predicted molar refractivity (Wildman–Crippen MR) is 140 cm³/mol. The average molecular weight is 475 g/mol. The number of unbranched alkanes of at least 4 members (excludes halogenated alkanes) is 10. The molecule has 1 saturated heterocycles. The van der Waals surface area contributed by atoms with E-state index in [1.165, 1.54) is 77.0 Å². The van der Waals surface area contributed by atoms with Gasteiger partial charge in [0.2, 0.25) is 0 Å². The summed E-state index contributed by atoms with van der Waals surface area (Å²) in [6.07, 6.45) is 17.4. The Kier molecular flexibility index (Phi) is 14.5. The van der Waals surface area contributed by atoms with Crippen LogP contribution < -0.4 is 0 Å². The number of ether oxygens (including phenoxy) is 3. The van der Waals surface area contributed by atoms with Gasteiger partial charge >= 0.3 is 5.97 Å². The van der Waals surface area contributed by atoms with E-state index in [2.05, 4.69) is 20.8 Å². The van der Waals surface area contributed by atoms with Gasteiger partial charge in [-0.15, -0.1) is 0 Å². The van der Waals surface area contributed by atoms with E-state index >= 15 is 0 Å². The minimum Gasteiger partial charge on any atom is -0.459 e. The number of hydrogen-bond acceptors (Lipinski definition) is 4. The summed E-state index contributed by atoms with van der Waals surface area (Å²) < 4.78 is 17.9. The van der Waals surface area contributed by atoms with Gasteiger partial charge in [-0.05, 0) is 45.2 Å². The zero-order valence-electron chi connectivity index (χ0n) is 22.4. The van der Waals surface area contributed by atoms with Crippen molar-refractivity contribution < 1.29 is 19.0 Å². The van der Waals surface area contributed by atoms with Crippen molar-refractivity contribution in [2.24, 2.45) is 5.92 Å². The van der Waals surface area contributed by atoms with Crippen LogP contribution in [-0.4, -0.2) is 24.8 Å². The lowest BCUT2D eigenvalue weighted by molar-refractivity contribution is -0.237. The third kappa shape index (κ3) is 10.9. The van der Waals surface area contributed by atoms with Crippen LogP contribution in [0.15, 0.2) is 24.3 Å². The Bertz CT molecular complexity index is 656. The Hall–Kier alpha value is -1.39. The van der Waals surface area contributed by atoms with Crippen molar-refractivity contribution in [2.45, 2.75) is 136 Å². The van der Waals surface area contributed by atoms with Crippen molar-refractivity contribution >= 4 is 5.97 Å². The molecule has 0 bridgehead atoms. The third-order valence-electron chi connectivity index (χ3n) is 7.08. The van der Waals surface area contributed by atoms with Gasteiger partial charge in [0, 0.05) is 11.5 Å². The number of rotatable bonds is 17. The fourth-order valence-electron chi connectivity index (χ4n) is 4.67. The van der Waals surface area contributed by atoms with Crippen molar-refractivity contribution in [2.75, 3.05) is 6.61 Å². The molecule has 0 spiro atoms. The molecule has 4 atom stereocenters. The minimum atomic E-state index is -0.354. The van der Waals surface area contributed by atoms with E-state index in [0.29, 0.717) is 11.5 Å². The highest BCUT2D eigenvalue weighted by Crippen LogP contribution is 2.32. The Labute approximate surface area is 209 Å². The Balaban J connectivity index is 1.68. The molecule has 1 aromatic rings. The van der Waals surface area contributed by atoms with Crippen molar-refractivity contribution in [3.8, 4) is 0 Å². The molecule has 0 aliphatic carbocycles. The van der Waals surface area contributed by atoms with Crippen LogP contribution in [0.2, 0.25) is 0 Å². The highest BCUT2D eigenvalue weighted by molar-refractivity contribution is 5.89. The van der Waals surface area contributed by atoms with Crippen LogP contribution in [0.4, 0.5) is 0 Å². The summed E-state index contributed by atoms with van der Waals surface area (Å²) in [5.74, 6) is 0.211. The second-order valence-corrected chi connectivity index (χ2v) is 10.2. The van der Waals surface area contributed by atoms with Crippen molar-refractivity contribution in [1.82, 2.24) is 0 Å². The van der Waals surface area contributed by atoms with Crippen LogP contribution in [0.25, 0.3) is 0 Å². The van der Waals surface area contributed by atoms with Gasteiger partial charge in [-0.1, -0.05) is 96.6 Å². The number of carbonyl (C=O) groups is 1. The summed E-state index contributed by atoms with van der Waals surface area (Å²) in [5, 5.41) is 0. The molecule has 1 aliphatic heterocycles. The number of esters is 1. The van der Waals surface area contributed by atoms with Gasteiger partial charge in [0.1, 0.15) is 0 Å². The third-order valence-corrected chi connectivity index (χ3v) is 7.08. The lowest BCUT2D eigenvalue weighted by Crippen LogP contribution is -2.34. The van der Waals surface area contributed by atoms with Crippen molar-refractivity contribution in [3.05, 3.63) is 35.4 Å². The zero-order valence-corrected chi connectivity index (χ0v) is 22.4. The monoisotopic (exact) mass is 474 g/mol. The fraction of sp³-hybridized carbons (Fsp3) is 0.767. The molecular weight excluding hydrogens is 424 g/mol. The van der Waals surface area contributed by atoms with Gasteiger partial charge in [0.15, 0.2) is 6.29 Å². The molecule has 2 rings (SSSR count). The predicted octanol–water partition coefficient (Wildman–Crippen LogP) is 8.78. The number of carbonyl (C=O) groups excluding carboxylic acids is 1. The molecule has 0 saturated carbocycles. The average Bonchev–Trinajstić information content (AvgIpc) is 2.84. The molecule has 0 aromatic heterocycles. The standard InChI is InChI=1S/C30H50O4/c1-5-7-9-11-12-13-14-16-18-28-23-32-30(34-25(28)4)27-21-19-26(20-22-27)29(31)33-24(3)17-15-10-8-6-2/h19-22,24-25,28,30H,5-18,23H2,1-4H3/t24-,25-,28+,30+/m1/s1. The van der Waals surface area contributed by atoms with E-state index in [1.807, 2.05) is 31.2 Å². The molecule has 0 amide bonds. The first-order valence-corrected chi connectivity index (χ1v) is 14.1. The van der Waals surface area contributed by atoms with Gasteiger partial charge in [-0.2, -0.15) is 0 Å². The van der Waals surface area contributed by atoms with Gasteiger partial charge < -0.3 is 14.2 Å². The second kappa shape index (κ2) is 17.1. The summed E-state index contributed by atoms with van der Waals surface area (Å²) in [6, 6.07) is 7.51. The van der Waals surface area contributed by atoms with E-state index < -0.39 is 0 Å². The maximum atomic E-state index is 12.5. The van der Waals surface area contributed by atoms with Crippen LogP contribution in [0, 0.1) is 5.92 Å². The Morgan fingerprint density at radius 1 is 0.912 bits per heavy atom. The molecule has 34 heavy (non-hydrogen) atoms. The topological polar surface area (TPSA) is 44.8 Å². The summed E-state index contributed by atoms with van der Waals surface area (Å²) in [4.78, 5) is 12.5. The minimum absolute atomic E-state index is 0.0483. The molecule has 0 N–H and O–H groups in total. The molecule has 1 fully saturated rings. The van der Waals surface area contributed by atoms with Crippen molar-refractivity contribution in [1.29, 1.82) is 0 Å². The van der Waals surface area contributed by atoms with E-state index in [-0.39, 0.29) is 24.5 Å². The molecule has 1 heterocycles. The SMILES string of the molecule is CCCCCCCCCC[C@H]1CO[C@H](c2ccc(C(=O)O[C@H](C)CCCCCC)cc2)O[C@@H]1C. The maximum absolute atomic E-state index is 12.5. The van der Waals surface area contributed by atoms with Crippen LogP contribution in [0.3, 0.4) is 0 Å². The molecule has 0 unspecified atom stereocenters. The van der Waals surface area contributed by atoms with Gasteiger partial charge in [0.25, 0.3) is 0 Å². The van der Waals surface area contributed by atoms with Crippen LogP contribution in [0.1, 0.15) is 140 Å². The first-order chi connectivity index (χ1) is 16.5. The van der Waals surface area contributed by atoms with Crippen molar-refractivity contribution in [3.63, 3.8) is 0 Å². The first kappa shape index (κ1) is 28.8. The smallest absolute Gasteiger partial charge is 0.338 e. The van der Waals surface area contributed by atoms with Crippen LogP contribution in [0.5, 0.6) is 0 Å². The molecule has 4 heteroatoms. The fourth-order valence-corrected chi connectivity index (χ4v) is 4.67. The summed E-state index contributed by atoms with van der Waals surface area (Å²) >= 11 is 0. The zero-order chi connectivity index (χ0) is 24.6. The molecule has 1 aromatic carbocycles. The normalized spacial score (nSPS) is 21.4. The van der Waals surface area contributed by atoms with Gasteiger partial charge in [0.05, 0.1) is 24.4 Å². The number of hydrogen-bond donors (Lipinski definition) is 0. The summed E-state index contributed by atoms with van der Waals surface area (Å²) in [6.45, 7) is 9.35. The Morgan fingerprint density at radius 2 is 1.50 bits per heavy atom. The first-order valence-electron chi connectivity index (χ1n) is 14.1. The van der Waals surface area contributed by atoms with Crippen LogP contribution in [-0.2, 0) is 14.2 Å². The lowest BCUT2D eigenvalue weighted by atomic mass is 9.95. The van der Waals surface area contributed by atoms with E-state index in [4.69, 9.17) is 14.2 Å². The second-order valence-electron chi connectivity index (χ2n) is 10.2. The molecular formula is C30H50O4. The van der Waals surface area contributed by atoms with E-state index in [9.17, 15) is 4.79 Å². The number of benzene rings is 1.